The summed E-state index contributed by atoms with van der Waals surface area (Å²) in [4.78, 5) is 54.7. The van der Waals surface area contributed by atoms with Crippen molar-refractivity contribution >= 4 is 29.0 Å². The minimum Gasteiger partial charge on any atom is -0.383 e. The zero-order valence-electron chi connectivity index (χ0n) is 18.1. The number of nitrogens with one attached hydrogen (secondary N) is 2. The summed E-state index contributed by atoms with van der Waals surface area (Å²) in [5.41, 5.74) is 6.19. The third kappa shape index (κ3) is 4.55. The molecule has 0 fully saturated rings. The molecule has 0 aliphatic carbocycles. The Kier molecular flexibility index (Phi) is 6.62. The number of nitrogens with two attached hydrogens (primary N) is 1. The van der Waals surface area contributed by atoms with Crippen LogP contribution in [0.5, 0.6) is 0 Å². The van der Waals surface area contributed by atoms with Gasteiger partial charge in [0.15, 0.2) is 5.69 Å². The molecular formula is C22H29N5O4. The summed E-state index contributed by atoms with van der Waals surface area (Å²) < 4.78 is 1.29. The number of fused-ring (bicyclic) bond motifs is 1. The number of hydrogen-bond acceptors (Lipinski definition) is 5. The average Bonchev–Trinajstić information content (AvgIpc) is 2.72. The molecule has 2 amide bonds. The van der Waals surface area contributed by atoms with Crippen molar-refractivity contribution in [3.63, 3.8) is 0 Å². The van der Waals surface area contributed by atoms with Crippen molar-refractivity contribution < 1.29 is 9.59 Å². The number of hydrogen-bond donors (Lipinski definition) is 3. The standard InChI is InChI=1S/C22H29N5O4/c1-4-5-10-26(18-19(23)27(12-13(2)3)22(31)25-20(18)29)21(30)15-11-17(28)24-16-9-7-6-8-14(15)16/h6-9,13,15H,4-5,10-12,23H2,1-3H3,(H,24,28)(H,25,29,31). The first-order valence-electron chi connectivity index (χ1n) is 10.6. The van der Waals surface area contributed by atoms with Gasteiger partial charge in [-0.1, -0.05) is 45.4 Å². The number of aromatic nitrogens is 2. The van der Waals surface area contributed by atoms with Gasteiger partial charge in [0.1, 0.15) is 5.82 Å². The van der Waals surface area contributed by atoms with E-state index >= 15 is 0 Å². The highest BCUT2D eigenvalue weighted by molar-refractivity contribution is 6.06. The zero-order valence-corrected chi connectivity index (χ0v) is 18.1. The predicted octanol–water partition coefficient (Wildman–Crippen LogP) is 2.03. The summed E-state index contributed by atoms with van der Waals surface area (Å²) in [5.74, 6) is -1.33. The Labute approximate surface area is 180 Å². The van der Waals surface area contributed by atoms with Gasteiger partial charge < -0.3 is 16.0 Å². The summed E-state index contributed by atoms with van der Waals surface area (Å²) in [6.45, 7) is 6.38. The number of amides is 2. The van der Waals surface area contributed by atoms with Gasteiger partial charge in [-0.05, 0) is 24.0 Å². The van der Waals surface area contributed by atoms with Crippen LogP contribution in [0.25, 0.3) is 0 Å². The number of H-pyrrole nitrogens is 1. The number of nitrogens with zero attached hydrogens (tertiary/aromatic N) is 2. The molecule has 3 rings (SSSR count). The van der Waals surface area contributed by atoms with E-state index in [1.807, 2.05) is 20.8 Å². The minimum atomic E-state index is -0.744. The Morgan fingerprint density at radius 1 is 1.26 bits per heavy atom. The molecule has 9 nitrogen and oxygen atoms in total. The van der Waals surface area contributed by atoms with Gasteiger partial charge in [-0.2, -0.15) is 0 Å². The van der Waals surface area contributed by atoms with Crippen molar-refractivity contribution in [1.82, 2.24) is 9.55 Å². The predicted molar refractivity (Wildman–Crippen MR) is 120 cm³/mol. The van der Waals surface area contributed by atoms with Crippen LogP contribution in [-0.4, -0.2) is 27.9 Å². The second-order valence-electron chi connectivity index (χ2n) is 8.23. The minimum absolute atomic E-state index is 0.0259. The number of unbranched alkanes of at least 4 members (excludes halogenated alkanes) is 1. The van der Waals surface area contributed by atoms with Crippen LogP contribution in [0.4, 0.5) is 17.2 Å². The van der Waals surface area contributed by atoms with Crippen molar-refractivity contribution in [2.45, 2.75) is 52.5 Å². The number of carbonyl (C=O) groups is 2. The highest BCUT2D eigenvalue weighted by Crippen LogP contribution is 2.34. The smallest absolute Gasteiger partial charge is 0.330 e. The molecule has 2 heterocycles. The molecule has 1 aliphatic rings. The summed E-state index contributed by atoms with van der Waals surface area (Å²) in [6.07, 6.45) is 1.39. The number of nitrogen functional groups attached to an aromatic ring is 1. The lowest BCUT2D eigenvalue weighted by molar-refractivity contribution is -0.124. The maximum absolute atomic E-state index is 13.7. The van der Waals surface area contributed by atoms with Gasteiger partial charge in [-0.3, -0.25) is 23.9 Å². The third-order valence-electron chi connectivity index (χ3n) is 5.33. The zero-order chi connectivity index (χ0) is 22.7. The molecule has 0 radical (unpaired) electrons. The van der Waals surface area contributed by atoms with Crippen LogP contribution in [0.15, 0.2) is 33.9 Å². The molecular weight excluding hydrogens is 398 g/mol. The van der Waals surface area contributed by atoms with Crippen LogP contribution in [0, 0.1) is 5.92 Å². The van der Waals surface area contributed by atoms with E-state index in [2.05, 4.69) is 10.3 Å². The first kappa shape index (κ1) is 22.3. The number of rotatable bonds is 7. The van der Waals surface area contributed by atoms with E-state index in [1.165, 1.54) is 9.47 Å². The summed E-state index contributed by atoms with van der Waals surface area (Å²) in [6, 6.07) is 7.12. The van der Waals surface area contributed by atoms with Gasteiger partial charge in [-0.15, -0.1) is 0 Å². The number of carbonyl (C=O) groups excluding carboxylic acids is 2. The highest BCUT2D eigenvalue weighted by atomic mass is 16.2. The molecule has 0 spiro atoms. The Morgan fingerprint density at radius 2 is 1.97 bits per heavy atom. The Morgan fingerprint density at radius 3 is 2.65 bits per heavy atom. The van der Waals surface area contributed by atoms with Gasteiger partial charge in [0.2, 0.25) is 11.8 Å². The van der Waals surface area contributed by atoms with Gasteiger partial charge in [0, 0.05) is 25.2 Å². The average molecular weight is 428 g/mol. The topological polar surface area (TPSA) is 130 Å². The largest absolute Gasteiger partial charge is 0.383 e. The van der Waals surface area contributed by atoms with E-state index in [1.54, 1.807) is 24.3 Å². The monoisotopic (exact) mass is 427 g/mol. The van der Waals surface area contributed by atoms with E-state index in [0.717, 1.165) is 6.42 Å². The van der Waals surface area contributed by atoms with Crippen molar-refractivity contribution in [3.8, 4) is 0 Å². The SMILES string of the molecule is CCCCN(C(=O)C1CC(=O)Nc2ccccc21)c1c(N)n(CC(C)C)c(=O)[nH]c1=O. The maximum Gasteiger partial charge on any atom is 0.330 e. The van der Waals surface area contributed by atoms with E-state index in [0.29, 0.717) is 24.2 Å². The molecule has 0 saturated heterocycles. The van der Waals surface area contributed by atoms with E-state index in [-0.39, 0.29) is 42.2 Å². The molecule has 31 heavy (non-hydrogen) atoms. The van der Waals surface area contributed by atoms with Crippen LogP contribution in [0.1, 0.15) is 51.5 Å². The quantitative estimate of drug-likeness (QED) is 0.622. The van der Waals surface area contributed by atoms with E-state index in [9.17, 15) is 19.2 Å². The normalized spacial score (nSPS) is 15.5. The lowest BCUT2D eigenvalue weighted by Gasteiger charge is -2.31. The Bertz CT molecular complexity index is 1100. The van der Waals surface area contributed by atoms with Crippen LogP contribution < -0.4 is 27.2 Å². The fraction of sp³-hybridized carbons (Fsp3) is 0.455. The fourth-order valence-corrected chi connectivity index (χ4v) is 3.85. The second-order valence-corrected chi connectivity index (χ2v) is 8.23. The van der Waals surface area contributed by atoms with Crippen molar-refractivity contribution in [1.29, 1.82) is 0 Å². The molecule has 1 aromatic heterocycles. The molecule has 1 aromatic carbocycles. The molecule has 0 saturated carbocycles. The lowest BCUT2D eigenvalue weighted by atomic mass is 9.89. The summed E-state index contributed by atoms with van der Waals surface area (Å²) >= 11 is 0. The Balaban J connectivity index is 2.12. The maximum atomic E-state index is 13.7. The molecule has 2 aromatic rings. The van der Waals surface area contributed by atoms with E-state index < -0.39 is 17.2 Å². The van der Waals surface area contributed by atoms with Gasteiger partial charge in [-0.25, -0.2) is 4.79 Å². The molecule has 1 aliphatic heterocycles. The first-order chi connectivity index (χ1) is 14.7. The number of anilines is 3. The number of para-hydroxylation sites is 1. The molecule has 1 atom stereocenters. The lowest BCUT2D eigenvalue weighted by Crippen LogP contribution is -2.45. The van der Waals surface area contributed by atoms with Gasteiger partial charge in [0.05, 0.1) is 5.92 Å². The van der Waals surface area contributed by atoms with Crippen molar-refractivity contribution in [2.24, 2.45) is 5.92 Å². The molecule has 4 N–H and O–H groups in total. The van der Waals surface area contributed by atoms with Crippen LogP contribution >= 0.6 is 0 Å². The third-order valence-corrected chi connectivity index (χ3v) is 5.33. The van der Waals surface area contributed by atoms with Crippen molar-refractivity contribution in [3.05, 3.63) is 50.7 Å². The molecule has 166 valence electrons. The van der Waals surface area contributed by atoms with Crippen LogP contribution in [0.2, 0.25) is 0 Å². The van der Waals surface area contributed by atoms with Gasteiger partial charge in [0.25, 0.3) is 5.56 Å². The summed E-state index contributed by atoms with van der Waals surface area (Å²) in [5, 5.41) is 2.78. The summed E-state index contributed by atoms with van der Waals surface area (Å²) in [7, 11) is 0. The van der Waals surface area contributed by atoms with Gasteiger partial charge >= 0.3 is 5.69 Å². The molecule has 0 bridgehead atoms. The Hall–Kier alpha value is -3.36. The number of aromatic amines is 1. The molecule has 1 unspecified atom stereocenters. The second kappa shape index (κ2) is 9.20. The number of benzene rings is 1. The molecule has 9 heteroatoms. The van der Waals surface area contributed by atoms with Crippen molar-refractivity contribution in [2.75, 3.05) is 22.5 Å². The van der Waals surface area contributed by atoms with Crippen LogP contribution in [0.3, 0.4) is 0 Å². The van der Waals surface area contributed by atoms with E-state index in [4.69, 9.17) is 5.73 Å². The highest BCUT2D eigenvalue weighted by Gasteiger charge is 2.35. The fourth-order valence-electron chi connectivity index (χ4n) is 3.85. The van der Waals surface area contributed by atoms with Crippen LogP contribution in [-0.2, 0) is 16.1 Å². The first-order valence-corrected chi connectivity index (χ1v) is 10.6.